The van der Waals surface area contributed by atoms with Crippen LogP contribution in [0.4, 0.5) is 5.95 Å². The number of H-pyrrole nitrogens is 1. The Balaban J connectivity index is 1.37. The fourth-order valence-electron chi connectivity index (χ4n) is 2.63. The Labute approximate surface area is 166 Å². The summed E-state index contributed by atoms with van der Waals surface area (Å²) in [5.74, 6) is 0.560. The number of imidazole rings is 1. The number of nitrogens with zero attached hydrogens (tertiary/aromatic N) is 3. The summed E-state index contributed by atoms with van der Waals surface area (Å²) in [4.78, 5) is 22.2. The molecule has 1 unspecified atom stereocenters. The number of hydrogen-bond acceptors (Lipinski definition) is 8. The number of hydrogen-bond donors (Lipinski definition) is 2. The number of anilines is 1. The maximum Gasteiger partial charge on any atom is 0.405 e. The van der Waals surface area contributed by atoms with Gasteiger partial charge in [0.05, 0.1) is 19.5 Å². The molecule has 2 aromatic heterocycles. The minimum Gasteiger partial charge on any atom is -0.422 e. The van der Waals surface area contributed by atoms with Gasteiger partial charge in [-0.2, -0.15) is 4.98 Å². The van der Waals surface area contributed by atoms with E-state index in [-0.39, 0.29) is 31.0 Å². The van der Waals surface area contributed by atoms with Gasteiger partial charge in [-0.25, -0.2) is 9.55 Å². The predicted molar refractivity (Wildman–Crippen MR) is 106 cm³/mol. The molecule has 1 aliphatic rings. The number of fused-ring (bicyclic) bond motifs is 2. The number of aromatic amines is 1. The number of rotatable bonds is 5. The van der Waals surface area contributed by atoms with E-state index in [1.54, 1.807) is 10.6 Å². The van der Waals surface area contributed by atoms with Gasteiger partial charge < -0.3 is 19.6 Å². The minimum atomic E-state index is -3.37. The lowest BCUT2D eigenvalue weighted by atomic mass is 10.2. The lowest BCUT2D eigenvalue weighted by molar-refractivity contribution is 0.132. The molecule has 0 radical (unpaired) electrons. The first-order valence-electron chi connectivity index (χ1n) is 7.93. The normalized spacial score (nSPS) is 19.0. The van der Waals surface area contributed by atoms with E-state index in [1.165, 1.54) is 6.33 Å². The molecule has 27 heavy (non-hydrogen) atoms. The van der Waals surface area contributed by atoms with Crippen LogP contribution in [-0.4, -0.2) is 32.5 Å². The summed E-state index contributed by atoms with van der Waals surface area (Å²) >= 11 is 2.19. The fraction of sp³-hybridized carbons (Fsp3) is 0.267. The smallest absolute Gasteiger partial charge is 0.405 e. The number of halogens is 1. The van der Waals surface area contributed by atoms with Crippen molar-refractivity contribution >= 4 is 47.3 Å². The van der Waals surface area contributed by atoms with Gasteiger partial charge in [0.15, 0.2) is 17.5 Å². The van der Waals surface area contributed by atoms with E-state index in [0.29, 0.717) is 17.9 Å². The lowest BCUT2D eigenvalue weighted by Crippen LogP contribution is -2.15. The highest BCUT2D eigenvalue weighted by molar-refractivity contribution is 14.1. The Bertz CT molecular complexity index is 1110. The summed E-state index contributed by atoms with van der Waals surface area (Å²) in [5, 5.41) is 0. The molecule has 0 saturated carbocycles. The van der Waals surface area contributed by atoms with E-state index in [2.05, 4.69) is 37.5 Å². The molecule has 4 rings (SSSR count). The predicted octanol–water partition coefficient (Wildman–Crippen LogP) is 2.08. The van der Waals surface area contributed by atoms with E-state index in [0.717, 1.165) is 9.13 Å². The summed E-state index contributed by atoms with van der Waals surface area (Å²) in [6, 6.07) is 5.57. The van der Waals surface area contributed by atoms with Crippen molar-refractivity contribution in [3.05, 3.63) is 44.0 Å². The average molecular weight is 503 g/mol. The van der Waals surface area contributed by atoms with Crippen LogP contribution >= 0.6 is 30.2 Å². The van der Waals surface area contributed by atoms with Gasteiger partial charge in [-0.1, -0.05) is 0 Å². The zero-order valence-electron chi connectivity index (χ0n) is 13.9. The Morgan fingerprint density at radius 2 is 2.30 bits per heavy atom. The average Bonchev–Trinajstić information content (AvgIpc) is 3.02. The van der Waals surface area contributed by atoms with Crippen LogP contribution in [-0.2, 0) is 27.0 Å². The Hall–Kier alpha value is -1.95. The maximum atomic E-state index is 12.7. The van der Waals surface area contributed by atoms with E-state index >= 15 is 0 Å². The van der Waals surface area contributed by atoms with Crippen LogP contribution in [0.5, 0.6) is 5.75 Å². The third-order valence-electron chi connectivity index (χ3n) is 3.90. The van der Waals surface area contributed by atoms with Crippen LogP contribution in [0.25, 0.3) is 11.2 Å². The van der Waals surface area contributed by atoms with Crippen molar-refractivity contribution in [2.75, 3.05) is 18.7 Å². The highest BCUT2D eigenvalue weighted by Crippen LogP contribution is 2.53. The summed E-state index contributed by atoms with van der Waals surface area (Å²) < 4.78 is 31.8. The van der Waals surface area contributed by atoms with Gasteiger partial charge in [0.2, 0.25) is 5.95 Å². The van der Waals surface area contributed by atoms with E-state index in [1.807, 2.05) is 12.1 Å². The molecule has 3 N–H and O–H groups in total. The number of nitrogen functional groups attached to an aromatic ring is 1. The summed E-state index contributed by atoms with van der Waals surface area (Å²) in [6.45, 7) is 0.766. The minimum absolute atomic E-state index is 0.0111. The van der Waals surface area contributed by atoms with Crippen molar-refractivity contribution in [1.82, 2.24) is 19.5 Å². The van der Waals surface area contributed by atoms with Gasteiger partial charge in [0, 0.05) is 15.7 Å². The topological polar surface area (TPSA) is 134 Å². The zero-order chi connectivity index (χ0) is 19.0. The molecular formula is C15H15IN5O5P. The second-order valence-electron chi connectivity index (χ2n) is 5.83. The summed E-state index contributed by atoms with van der Waals surface area (Å²) in [5.41, 5.74) is 6.57. The molecule has 3 heterocycles. The molecule has 0 fully saturated rings. The number of aromatic nitrogens is 4. The van der Waals surface area contributed by atoms with Crippen molar-refractivity contribution < 1.29 is 18.3 Å². The molecule has 1 aromatic carbocycles. The van der Waals surface area contributed by atoms with Gasteiger partial charge in [-0.3, -0.25) is 14.3 Å². The van der Waals surface area contributed by atoms with Crippen LogP contribution in [0.15, 0.2) is 29.3 Å². The molecule has 0 aliphatic carbocycles. The first-order valence-corrected chi connectivity index (χ1v) is 10.7. The van der Waals surface area contributed by atoms with E-state index in [4.69, 9.17) is 19.5 Å². The molecular weight excluding hydrogens is 488 g/mol. The second-order valence-corrected chi connectivity index (χ2v) is 8.99. The van der Waals surface area contributed by atoms with E-state index in [9.17, 15) is 9.36 Å². The molecule has 0 amide bonds. The van der Waals surface area contributed by atoms with Crippen molar-refractivity contribution in [3.8, 4) is 5.75 Å². The molecule has 12 heteroatoms. The van der Waals surface area contributed by atoms with E-state index < -0.39 is 13.2 Å². The van der Waals surface area contributed by atoms with Crippen molar-refractivity contribution in [3.63, 3.8) is 0 Å². The quantitative estimate of drug-likeness (QED) is 0.307. The monoisotopic (exact) mass is 503 g/mol. The third-order valence-corrected chi connectivity index (χ3v) is 6.06. The molecule has 0 bridgehead atoms. The molecule has 0 saturated heterocycles. The zero-order valence-corrected chi connectivity index (χ0v) is 17.0. The summed E-state index contributed by atoms with van der Waals surface area (Å²) in [7, 11) is -3.37. The molecule has 142 valence electrons. The van der Waals surface area contributed by atoms with Crippen molar-refractivity contribution in [1.29, 1.82) is 0 Å². The first-order chi connectivity index (χ1) is 12.9. The Morgan fingerprint density at radius 3 is 3.15 bits per heavy atom. The van der Waals surface area contributed by atoms with Gasteiger partial charge >= 0.3 is 7.60 Å². The van der Waals surface area contributed by atoms with Gasteiger partial charge in [-0.15, -0.1) is 0 Å². The largest absolute Gasteiger partial charge is 0.422 e. The van der Waals surface area contributed by atoms with Crippen molar-refractivity contribution in [2.45, 2.75) is 13.2 Å². The number of nitrogens with one attached hydrogen (secondary N) is 1. The number of ether oxygens (including phenoxy) is 1. The van der Waals surface area contributed by atoms with Gasteiger partial charge in [-0.05, 0) is 40.8 Å². The van der Waals surface area contributed by atoms with Crippen LogP contribution in [0.1, 0.15) is 5.56 Å². The molecule has 1 atom stereocenters. The standard InChI is InChI=1S/C15H15IN5O5P/c16-10-1-2-11-9(5-10)6-25-27(23,26-11)8-24-4-3-21-7-18-12-13(21)19-15(17)20-14(12)22/h1-2,5,7H,3-4,6,8H2,(H3,17,19,20,22). The van der Waals surface area contributed by atoms with Crippen LogP contribution in [0.2, 0.25) is 0 Å². The van der Waals surface area contributed by atoms with Gasteiger partial charge in [0.1, 0.15) is 5.75 Å². The Morgan fingerprint density at radius 1 is 1.44 bits per heavy atom. The lowest BCUT2D eigenvalue weighted by Gasteiger charge is -2.25. The fourth-order valence-corrected chi connectivity index (χ4v) is 4.53. The Kier molecular flexibility index (Phi) is 4.93. The van der Waals surface area contributed by atoms with Crippen molar-refractivity contribution in [2.24, 2.45) is 0 Å². The van der Waals surface area contributed by atoms with Gasteiger partial charge in [0.25, 0.3) is 5.56 Å². The first kappa shape index (κ1) is 18.4. The third kappa shape index (κ3) is 3.86. The molecule has 10 nitrogen and oxygen atoms in total. The summed E-state index contributed by atoms with van der Waals surface area (Å²) in [6.07, 6.45) is 1.30. The molecule has 3 aromatic rings. The molecule has 1 aliphatic heterocycles. The highest BCUT2D eigenvalue weighted by Gasteiger charge is 2.32. The van der Waals surface area contributed by atoms with Crippen LogP contribution < -0.4 is 15.8 Å². The second kappa shape index (κ2) is 7.23. The van der Waals surface area contributed by atoms with Crippen LogP contribution in [0.3, 0.4) is 0 Å². The van der Waals surface area contributed by atoms with Crippen LogP contribution in [0, 0.1) is 3.57 Å². The number of nitrogens with two attached hydrogens (primary N) is 1. The highest BCUT2D eigenvalue weighted by atomic mass is 127. The maximum absolute atomic E-state index is 12.7. The molecule has 0 spiro atoms. The SMILES string of the molecule is Nc1nc2c(ncn2CCOCP2(=O)OCc3cc(I)ccc3O2)c(=O)[nH]1. The number of benzene rings is 1.